The van der Waals surface area contributed by atoms with E-state index in [1.54, 1.807) is 18.0 Å². The molecule has 0 bridgehead atoms. The van der Waals surface area contributed by atoms with Crippen LogP contribution in [0.1, 0.15) is 12.5 Å². The van der Waals surface area contributed by atoms with Crippen LogP contribution in [-0.4, -0.2) is 22.4 Å². The molecule has 0 radical (unpaired) electrons. The Morgan fingerprint density at radius 1 is 1.53 bits per heavy atom. The molecule has 0 spiro atoms. The highest BCUT2D eigenvalue weighted by molar-refractivity contribution is 8.14. The molecule has 2 rings (SSSR count). The second-order valence-corrected chi connectivity index (χ2v) is 4.89. The van der Waals surface area contributed by atoms with Crippen molar-refractivity contribution in [3.63, 3.8) is 0 Å². The predicted octanol–water partition coefficient (Wildman–Crippen LogP) is 2.54. The Balaban J connectivity index is 2.06. The van der Waals surface area contributed by atoms with E-state index in [1.807, 2.05) is 12.3 Å². The Morgan fingerprint density at radius 2 is 2.40 bits per heavy atom. The van der Waals surface area contributed by atoms with Crippen molar-refractivity contribution in [2.24, 2.45) is 10.9 Å². The fourth-order valence-corrected chi connectivity index (χ4v) is 2.24. The van der Waals surface area contributed by atoms with Crippen LogP contribution < -0.4 is 5.32 Å². The van der Waals surface area contributed by atoms with Gasteiger partial charge in [-0.15, -0.1) is 0 Å². The zero-order valence-corrected chi connectivity index (χ0v) is 9.84. The van der Waals surface area contributed by atoms with Crippen molar-refractivity contribution in [3.05, 3.63) is 24.0 Å². The number of hydrogen-bond acceptors (Lipinski definition) is 4. The summed E-state index contributed by atoms with van der Waals surface area (Å²) in [5, 5.41) is 4.34. The van der Waals surface area contributed by atoms with Crippen molar-refractivity contribution in [1.82, 2.24) is 4.98 Å². The van der Waals surface area contributed by atoms with Crippen molar-refractivity contribution in [1.29, 1.82) is 0 Å². The molecule has 1 aliphatic rings. The minimum Gasteiger partial charge on any atom is -0.334 e. The van der Waals surface area contributed by atoms with Crippen LogP contribution in [0.2, 0.25) is 0 Å². The average Bonchev–Trinajstić information content (AvgIpc) is 2.25. The Bertz CT molecular complexity index is 376. The molecule has 3 nitrogen and oxygen atoms in total. The first kappa shape index (κ1) is 10.5. The monoisotopic (exact) mass is 221 g/mol. The summed E-state index contributed by atoms with van der Waals surface area (Å²) in [7, 11) is 0. The standard InChI is InChI=1S/C11H15N3S/c1-8-5-13-11(15-7-8)14-10-6-12-4-3-9(10)2/h3-4,6,8H,5,7H2,1-2H3,(H,13,14). The number of nitrogens with zero attached hydrogens (tertiary/aromatic N) is 2. The molecular formula is C11H15N3S. The minimum absolute atomic E-state index is 0.690. The molecular weight excluding hydrogens is 206 g/mol. The quantitative estimate of drug-likeness (QED) is 0.792. The number of aliphatic imine (C=N–C) groups is 1. The summed E-state index contributed by atoms with van der Waals surface area (Å²) in [6, 6.07) is 2.00. The van der Waals surface area contributed by atoms with E-state index in [4.69, 9.17) is 0 Å². The van der Waals surface area contributed by atoms with Crippen molar-refractivity contribution < 1.29 is 0 Å². The van der Waals surface area contributed by atoms with Crippen molar-refractivity contribution >= 4 is 22.6 Å². The molecule has 4 heteroatoms. The number of amidine groups is 1. The highest BCUT2D eigenvalue weighted by atomic mass is 32.2. The first-order valence-electron chi connectivity index (χ1n) is 5.10. The molecule has 1 aliphatic heterocycles. The fraction of sp³-hybridized carbons (Fsp3) is 0.455. The van der Waals surface area contributed by atoms with Crippen LogP contribution in [0.15, 0.2) is 23.5 Å². The number of rotatable bonds is 1. The Labute approximate surface area is 94.4 Å². The van der Waals surface area contributed by atoms with E-state index in [0.717, 1.165) is 23.2 Å². The Morgan fingerprint density at radius 3 is 3.07 bits per heavy atom. The maximum atomic E-state index is 4.49. The summed E-state index contributed by atoms with van der Waals surface area (Å²) in [4.78, 5) is 8.59. The molecule has 1 unspecified atom stereocenters. The van der Waals surface area contributed by atoms with E-state index >= 15 is 0 Å². The number of aromatic nitrogens is 1. The lowest BCUT2D eigenvalue weighted by atomic mass is 10.2. The first-order chi connectivity index (χ1) is 7.25. The molecule has 2 heterocycles. The van der Waals surface area contributed by atoms with Gasteiger partial charge in [0.1, 0.15) is 0 Å². The molecule has 15 heavy (non-hydrogen) atoms. The third-order valence-electron chi connectivity index (χ3n) is 2.33. The number of anilines is 1. The molecule has 0 saturated carbocycles. The van der Waals surface area contributed by atoms with Gasteiger partial charge in [0.2, 0.25) is 0 Å². The SMILES string of the molecule is Cc1ccncc1NC1=NCC(C)CS1. The average molecular weight is 221 g/mol. The van der Waals surface area contributed by atoms with Gasteiger partial charge in [-0.25, -0.2) is 0 Å². The topological polar surface area (TPSA) is 37.3 Å². The summed E-state index contributed by atoms with van der Waals surface area (Å²) in [5.74, 6) is 1.83. The van der Waals surface area contributed by atoms with Crippen molar-refractivity contribution in [2.45, 2.75) is 13.8 Å². The molecule has 1 aromatic rings. The van der Waals surface area contributed by atoms with Crippen molar-refractivity contribution in [2.75, 3.05) is 17.6 Å². The molecule has 1 atom stereocenters. The molecule has 1 N–H and O–H groups in total. The summed E-state index contributed by atoms with van der Waals surface area (Å²) in [6.07, 6.45) is 3.65. The number of nitrogens with one attached hydrogen (secondary N) is 1. The van der Waals surface area contributed by atoms with E-state index < -0.39 is 0 Å². The van der Waals surface area contributed by atoms with Crippen LogP contribution in [0.4, 0.5) is 5.69 Å². The minimum atomic E-state index is 0.690. The molecule has 0 aliphatic carbocycles. The second-order valence-electron chi connectivity index (χ2n) is 3.88. The van der Waals surface area contributed by atoms with Gasteiger partial charge in [0.05, 0.1) is 11.9 Å². The second kappa shape index (κ2) is 4.66. The van der Waals surface area contributed by atoms with Gasteiger partial charge in [-0.3, -0.25) is 9.98 Å². The lowest BCUT2D eigenvalue weighted by Crippen LogP contribution is -2.19. The van der Waals surface area contributed by atoms with Crippen LogP contribution in [0.5, 0.6) is 0 Å². The largest absolute Gasteiger partial charge is 0.334 e. The zero-order chi connectivity index (χ0) is 10.7. The highest BCUT2D eigenvalue weighted by Crippen LogP contribution is 2.20. The first-order valence-corrected chi connectivity index (χ1v) is 6.09. The van der Waals surface area contributed by atoms with Gasteiger partial charge in [0.25, 0.3) is 0 Å². The summed E-state index contributed by atoms with van der Waals surface area (Å²) in [5.41, 5.74) is 2.25. The molecule has 0 saturated heterocycles. The lowest BCUT2D eigenvalue weighted by molar-refractivity contribution is 0.674. The van der Waals surface area contributed by atoms with Gasteiger partial charge < -0.3 is 5.32 Å². The molecule has 0 fully saturated rings. The Kier molecular flexibility index (Phi) is 3.26. The van der Waals surface area contributed by atoms with Gasteiger partial charge in [0.15, 0.2) is 5.17 Å². The number of aryl methyl sites for hydroxylation is 1. The van der Waals surface area contributed by atoms with Crippen LogP contribution in [-0.2, 0) is 0 Å². The summed E-state index contributed by atoms with van der Waals surface area (Å²) < 4.78 is 0. The van der Waals surface area contributed by atoms with Gasteiger partial charge in [-0.05, 0) is 24.5 Å². The van der Waals surface area contributed by atoms with E-state index in [9.17, 15) is 0 Å². The predicted molar refractivity (Wildman–Crippen MR) is 66.5 cm³/mol. The summed E-state index contributed by atoms with van der Waals surface area (Å²) in [6.45, 7) is 5.22. The molecule has 0 aromatic carbocycles. The fourth-order valence-electron chi connectivity index (χ4n) is 1.34. The number of hydrogen-bond donors (Lipinski definition) is 1. The smallest absolute Gasteiger partial charge is 0.161 e. The number of pyridine rings is 1. The van der Waals surface area contributed by atoms with Crippen LogP contribution in [0, 0.1) is 12.8 Å². The van der Waals surface area contributed by atoms with Crippen LogP contribution in [0.3, 0.4) is 0 Å². The van der Waals surface area contributed by atoms with Gasteiger partial charge >= 0.3 is 0 Å². The molecule has 1 aromatic heterocycles. The van der Waals surface area contributed by atoms with E-state index in [0.29, 0.717) is 5.92 Å². The van der Waals surface area contributed by atoms with Crippen LogP contribution >= 0.6 is 11.8 Å². The number of thioether (sulfide) groups is 1. The maximum absolute atomic E-state index is 4.49. The van der Waals surface area contributed by atoms with Crippen molar-refractivity contribution in [3.8, 4) is 0 Å². The lowest BCUT2D eigenvalue weighted by Gasteiger charge is -2.18. The van der Waals surface area contributed by atoms with E-state index in [2.05, 4.69) is 29.1 Å². The summed E-state index contributed by atoms with van der Waals surface area (Å²) >= 11 is 1.79. The Hall–Kier alpha value is -1.03. The highest BCUT2D eigenvalue weighted by Gasteiger charge is 2.12. The third-order valence-corrected chi connectivity index (χ3v) is 3.57. The maximum Gasteiger partial charge on any atom is 0.161 e. The van der Waals surface area contributed by atoms with E-state index in [-0.39, 0.29) is 0 Å². The van der Waals surface area contributed by atoms with E-state index in [1.165, 1.54) is 5.56 Å². The molecule has 80 valence electrons. The zero-order valence-electron chi connectivity index (χ0n) is 9.03. The third kappa shape index (κ3) is 2.72. The van der Waals surface area contributed by atoms with Gasteiger partial charge in [-0.1, -0.05) is 18.7 Å². The normalized spacial score (nSPS) is 20.9. The molecule has 0 amide bonds. The van der Waals surface area contributed by atoms with Gasteiger partial charge in [-0.2, -0.15) is 0 Å². The van der Waals surface area contributed by atoms with Crippen LogP contribution in [0.25, 0.3) is 0 Å². The van der Waals surface area contributed by atoms with Gasteiger partial charge in [0, 0.05) is 18.5 Å².